The van der Waals surface area contributed by atoms with Gasteiger partial charge in [0, 0.05) is 42.6 Å². The Morgan fingerprint density at radius 3 is 2.45 bits per heavy atom. The molecule has 9 nitrogen and oxygen atoms in total. The summed E-state index contributed by atoms with van der Waals surface area (Å²) >= 11 is 6.29. The fourth-order valence-corrected chi connectivity index (χ4v) is 8.92. The molecule has 1 N–H and O–H groups in total. The van der Waals surface area contributed by atoms with Crippen LogP contribution in [0, 0.1) is 17.2 Å². The Morgan fingerprint density at radius 1 is 1.09 bits per heavy atom. The zero-order valence-corrected chi connectivity index (χ0v) is 26.1. The van der Waals surface area contributed by atoms with Crippen molar-refractivity contribution in [3.63, 3.8) is 0 Å². The highest BCUT2D eigenvalue weighted by Gasteiger charge is 2.60. The fourth-order valence-electron chi connectivity index (χ4n) is 6.89. The molecule has 11 heteroatoms. The minimum Gasteiger partial charge on any atom is -0.495 e. The van der Waals surface area contributed by atoms with Crippen LogP contribution >= 0.6 is 11.6 Å². The summed E-state index contributed by atoms with van der Waals surface area (Å²) in [4.78, 5) is 27.5. The summed E-state index contributed by atoms with van der Waals surface area (Å²) in [5, 5.41) is 13.2. The van der Waals surface area contributed by atoms with Gasteiger partial charge in [-0.05, 0) is 85.2 Å². The smallest absolute Gasteiger partial charge is 0.264 e. The first-order valence-electron chi connectivity index (χ1n) is 14.6. The molecule has 1 saturated heterocycles. The Balaban J connectivity index is 1.44. The topological polar surface area (TPSA) is 120 Å². The number of hydrogen-bond donors (Lipinski definition) is 1. The Kier molecular flexibility index (Phi) is 7.80. The molecule has 2 fully saturated rings. The number of anilines is 1. The molecule has 1 saturated carbocycles. The average Bonchev–Trinajstić information content (AvgIpc) is 3.83. The first kappa shape index (κ1) is 30.0. The molecule has 6 rings (SSSR count). The number of sulfonamides is 1. The summed E-state index contributed by atoms with van der Waals surface area (Å²) in [6.45, 7) is 2.79. The fraction of sp³-hybridized carbons (Fsp3) is 0.364. The second-order valence-electron chi connectivity index (χ2n) is 11.7. The van der Waals surface area contributed by atoms with Gasteiger partial charge in [0.25, 0.3) is 15.9 Å². The summed E-state index contributed by atoms with van der Waals surface area (Å²) < 4.78 is 35.9. The third-order valence-electron chi connectivity index (χ3n) is 9.27. The minimum absolute atomic E-state index is 0.00577. The van der Waals surface area contributed by atoms with Gasteiger partial charge in [0.15, 0.2) is 0 Å². The first-order valence-corrected chi connectivity index (χ1v) is 16.5. The molecule has 0 bridgehead atoms. The molecule has 2 amide bonds. The zero-order valence-electron chi connectivity index (χ0n) is 24.5. The number of benzene rings is 3. The second kappa shape index (κ2) is 11.5. The van der Waals surface area contributed by atoms with Gasteiger partial charge in [0.05, 0.1) is 29.3 Å². The maximum absolute atomic E-state index is 14.5. The Morgan fingerprint density at radius 2 is 1.82 bits per heavy atom. The summed E-state index contributed by atoms with van der Waals surface area (Å²) in [7, 11) is -2.69. The molecule has 3 aromatic carbocycles. The van der Waals surface area contributed by atoms with E-state index in [0.29, 0.717) is 48.0 Å². The highest BCUT2D eigenvalue weighted by Crippen LogP contribution is 2.59. The van der Waals surface area contributed by atoms with Crippen molar-refractivity contribution in [2.24, 2.45) is 5.92 Å². The standard InChI is InChI=1S/C33H33ClN4O5S/c1-21(39)37-15-13-33(14-16-37)27-18-23(32(40)36-20-24-5-3-4-6-28(24)34)9-11-29(27)38(31(33)22-7-8-22)44(41,42)26-10-12-30(43-2)25(17-26)19-35/h3-6,9-12,17-18,22,31H,7-8,13-16,20H2,1-2H3,(H,36,40). The van der Waals surface area contributed by atoms with E-state index in [0.717, 1.165) is 24.0 Å². The number of likely N-dealkylation sites (tertiary alicyclic amines) is 1. The Labute approximate surface area is 262 Å². The molecule has 1 spiro atoms. The van der Waals surface area contributed by atoms with Crippen LogP contribution in [-0.4, -0.2) is 51.4 Å². The van der Waals surface area contributed by atoms with E-state index in [4.69, 9.17) is 16.3 Å². The van der Waals surface area contributed by atoms with E-state index < -0.39 is 15.4 Å². The van der Waals surface area contributed by atoms with E-state index in [9.17, 15) is 23.3 Å². The molecular weight excluding hydrogens is 600 g/mol. The summed E-state index contributed by atoms with van der Waals surface area (Å²) in [5.74, 6) is 0.127. The van der Waals surface area contributed by atoms with E-state index >= 15 is 0 Å². The number of amides is 2. The van der Waals surface area contributed by atoms with Gasteiger partial charge in [-0.25, -0.2) is 8.42 Å². The van der Waals surface area contributed by atoms with Gasteiger partial charge in [-0.3, -0.25) is 13.9 Å². The van der Waals surface area contributed by atoms with Gasteiger partial charge < -0.3 is 15.0 Å². The minimum atomic E-state index is -4.12. The maximum Gasteiger partial charge on any atom is 0.264 e. The van der Waals surface area contributed by atoms with Crippen molar-refractivity contribution in [3.8, 4) is 11.8 Å². The average molecular weight is 633 g/mol. The summed E-state index contributed by atoms with van der Waals surface area (Å²) in [5.41, 5.74) is 2.11. The molecule has 3 aliphatic rings. The molecule has 44 heavy (non-hydrogen) atoms. The molecule has 1 aliphatic carbocycles. The number of methoxy groups -OCH3 is 1. The number of nitrogens with one attached hydrogen (secondary N) is 1. The zero-order chi connectivity index (χ0) is 31.2. The number of nitrogens with zero attached hydrogens (tertiary/aromatic N) is 3. The van der Waals surface area contributed by atoms with Crippen LogP contribution in [0.25, 0.3) is 0 Å². The molecule has 1 atom stereocenters. The number of halogens is 1. The van der Waals surface area contributed by atoms with Crippen molar-refractivity contribution < 1.29 is 22.7 Å². The van der Waals surface area contributed by atoms with Gasteiger partial charge in [-0.1, -0.05) is 29.8 Å². The van der Waals surface area contributed by atoms with Crippen LogP contribution in [0.15, 0.2) is 65.6 Å². The summed E-state index contributed by atoms with van der Waals surface area (Å²) in [6.07, 6.45) is 2.92. The number of fused-ring (bicyclic) bond motifs is 2. The van der Waals surface area contributed by atoms with Gasteiger partial charge in [-0.15, -0.1) is 0 Å². The molecule has 1 unspecified atom stereocenters. The lowest BCUT2D eigenvalue weighted by atomic mass is 9.68. The van der Waals surface area contributed by atoms with Gasteiger partial charge in [0.1, 0.15) is 11.8 Å². The number of hydrogen-bond acceptors (Lipinski definition) is 6. The number of rotatable bonds is 7. The van der Waals surface area contributed by atoms with Gasteiger partial charge in [0.2, 0.25) is 5.91 Å². The van der Waals surface area contributed by atoms with Gasteiger partial charge >= 0.3 is 0 Å². The first-order chi connectivity index (χ1) is 21.1. The Hall–Kier alpha value is -4.07. The molecule has 228 valence electrons. The van der Waals surface area contributed by atoms with Crippen molar-refractivity contribution in [1.29, 1.82) is 5.26 Å². The van der Waals surface area contributed by atoms with Crippen LogP contribution in [0.3, 0.4) is 0 Å². The number of ether oxygens (including phenoxy) is 1. The van der Waals surface area contributed by atoms with Crippen LogP contribution in [0.1, 0.15) is 59.7 Å². The van der Waals surface area contributed by atoms with E-state index in [2.05, 4.69) is 5.32 Å². The monoisotopic (exact) mass is 632 g/mol. The van der Waals surface area contributed by atoms with Crippen molar-refractivity contribution >= 4 is 39.1 Å². The lowest BCUT2D eigenvalue weighted by Gasteiger charge is -2.45. The third-order valence-corrected chi connectivity index (χ3v) is 11.4. The number of carbonyl (C=O) groups is 2. The van der Waals surface area contributed by atoms with E-state index in [1.54, 1.807) is 30.0 Å². The molecule has 2 heterocycles. The second-order valence-corrected chi connectivity index (χ2v) is 13.9. The number of carbonyl (C=O) groups excluding carboxylic acids is 2. The predicted molar refractivity (Wildman–Crippen MR) is 166 cm³/mol. The highest BCUT2D eigenvalue weighted by atomic mass is 35.5. The molecule has 3 aromatic rings. The quantitative estimate of drug-likeness (QED) is 0.391. The van der Waals surface area contributed by atoms with Crippen molar-refractivity contribution in [2.45, 2.75) is 55.5 Å². The molecule has 0 aromatic heterocycles. The van der Waals surface area contributed by atoms with E-state index in [1.165, 1.54) is 29.6 Å². The SMILES string of the molecule is COc1ccc(S(=O)(=O)N2c3ccc(C(=O)NCc4ccccc4Cl)cc3C3(CCN(C(C)=O)CC3)C2C2CC2)cc1C#N. The van der Waals surface area contributed by atoms with Crippen LogP contribution in [0.5, 0.6) is 5.75 Å². The molecular formula is C33H33ClN4O5S. The number of piperidine rings is 1. The molecule has 0 radical (unpaired) electrons. The van der Waals surface area contributed by atoms with Crippen LogP contribution < -0.4 is 14.4 Å². The van der Waals surface area contributed by atoms with Crippen LogP contribution in [-0.2, 0) is 26.8 Å². The third kappa shape index (κ3) is 5.08. The van der Waals surface area contributed by atoms with E-state index in [-0.39, 0.29) is 40.8 Å². The lowest BCUT2D eigenvalue weighted by Crippen LogP contribution is -2.54. The Bertz CT molecular complexity index is 1790. The van der Waals surface area contributed by atoms with Crippen LogP contribution in [0.2, 0.25) is 5.02 Å². The van der Waals surface area contributed by atoms with E-state index in [1.807, 2.05) is 30.3 Å². The number of nitriles is 1. The lowest BCUT2D eigenvalue weighted by molar-refractivity contribution is -0.130. The summed E-state index contributed by atoms with van der Waals surface area (Å²) in [6, 6.07) is 18.5. The largest absolute Gasteiger partial charge is 0.495 e. The van der Waals surface area contributed by atoms with Crippen LogP contribution in [0.4, 0.5) is 5.69 Å². The normalized spacial score (nSPS) is 18.9. The van der Waals surface area contributed by atoms with Crippen molar-refractivity contribution in [2.75, 3.05) is 24.5 Å². The van der Waals surface area contributed by atoms with Crippen molar-refractivity contribution in [1.82, 2.24) is 10.2 Å². The van der Waals surface area contributed by atoms with Gasteiger partial charge in [-0.2, -0.15) is 5.26 Å². The molecule has 2 aliphatic heterocycles. The maximum atomic E-state index is 14.5. The highest BCUT2D eigenvalue weighted by molar-refractivity contribution is 7.93. The predicted octanol–water partition coefficient (Wildman–Crippen LogP) is 5.02. The van der Waals surface area contributed by atoms with Crippen molar-refractivity contribution in [3.05, 3.63) is 87.9 Å².